The van der Waals surface area contributed by atoms with Crippen molar-refractivity contribution in [1.29, 1.82) is 5.26 Å². The normalized spacial score (nSPS) is 9.39. The first kappa shape index (κ1) is 13.7. The molecule has 0 fully saturated rings. The number of aryl methyl sites for hydroxylation is 1. The summed E-state index contributed by atoms with van der Waals surface area (Å²) in [5.41, 5.74) is 1.88. The maximum atomic E-state index is 11.6. The van der Waals surface area contributed by atoms with Gasteiger partial charge in [-0.15, -0.1) is 0 Å². The second-order valence-corrected chi connectivity index (χ2v) is 3.77. The van der Waals surface area contributed by atoms with E-state index in [4.69, 9.17) is 5.26 Å². The standard InChI is InChI=1S/C13H15N3O2/c1-3-15-13(18)10-5-4-9(2)11(8-10)16-12(17)6-7-14/h4-5,8H,3,6H2,1-2H3,(H,15,18)(H,16,17). The fourth-order valence-electron chi connectivity index (χ4n) is 1.43. The van der Waals surface area contributed by atoms with Crippen molar-refractivity contribution in [3.05, 3.63) is 29.3 Å². The van der Waals surface area contributed by atoms with Crippen LogP contribution in [-0.2, 0) is 4.79 Å². The smallest absolute Gasteiger partial charge is 0.251 e. The minimum Gasteiger partial charge on any atom is -0.352 e. The zero-order valence-corrected chi connectivity index (χ0v) is 10.4. The molecule has 0 heterocycles. The van der Waals surface area contributed by atoms with Crippen molar-refractivity contribution in [3.63, 3.8) is 0 Å². The van der Waals surface area contributed by atoms with Gasteiger partial charge in [-0.2, -0.15) is 5.26 Å². The molecule has 18 heavy (non-hydrogen) atoms. The number of carbonyl (C=O) groups excluding carboxylic acids is 2. The average molecular weight is 245 g/mol. The molecule has 5 heteroatoms. The third kappa shape index (κ3) is 3.59. The zero-order valence-electron chi connectivity index (χ0n) is 10.4. The number of hydrogen-bond donors (Lipinski definition) is 2. The van der Waals surface area contributed by atoms with Crippen LogP contribution in [0, 0.1) is 18.3 Å². The lowest BCUT2D eigenvalue weighted by molar-refractivity contribution is -0.115. The predicted molar refractivity (Wildman–Crippen MR) is 68.0 cm³/mol. The van der Waals surface area contributed by atoms with Gasteiger partial charge < -0.3 is 10.6 Å². The van der Waals surface area contributed by atoms with Crippen LogP contribution in [0.4, 0.5) is 5.69 Å². The van der Waals surface area contributed by atoms with E-state index in [1.807, 2.05) is 13.8 Å². The Labute approximate surface area is 106 Å². The first-order valence-corrected chi connectivity index (χ1v) is 5.64. The van der Waals surface area contributed by atoms with Gasteiger partial charge in [-0.25, -0.2) is 0 Å². The van der Waals surface area contributed by atoms with Crippen LogP contribution in [0.2, 0.25) is 0 Å². The Morgan fingerprint density at radius 2 is 2.11 bits per heavy atom. The number of nitriles is 1. The SMILES string of the molecule is CCNC(=O)c1ccc(C)c(NC(=O)CC#N)c1. The van der Waals surface area contributed by atoms with Crippen LogP contribution >= 0.6 is 0 Å². The van der Waals surface area contributed by atoms with E-state index in [0.717, 1.165) is 5.56 Å². The number of carbonyl (C=O) groups is 2. The maximum Gasteiger partial charge on any atom is 0.251 e. The number of rotatable bonds is 4. The van der Waals surface area contributed by atoms with Gasteiger partial charge in [0.25, 0.3) is 5.91 Å². The number of benzene rings is 1. The third-order valence-electron chi connectivity index (χ3n) is 2.35. The molecule has 1 aromatic rings. The summed E-state index contributed by atoms with van der Waals surface area (Å²) in [6.07, 6.45) is -0.204. The van der Waals surface area contributed by atoms with E-state index in [-0.39, 0.29) is 18.2 Å². The highest BCUT2D eigenvalue weighted by molar-refractivity contribution is 5.98. The van der Waals surface area contributed by atoms with Gasteiger partial charge in [0, 0.05) is 17.8 Å². The molecule has 2 N–H and O–H groups in total. The van der Waals surface area contributed by atoms with Crippen molar-refractivity contribution in [2.45, 2.75) is 20.3 Å². The van der Waals surface area contributed by atoms with E-state index in [9.17, 15) is 9.59 Å². The fraction of sp³-hybridized carbons (Fsp3) is 0.308. The number of anilines is 1. The molecule has 94 valence electrons. The van der Waals surface area contributed by atoms with Crippen LogP contribution in [0.3, 0.4) is 0 Å². The molecule has 0 radical (unpaired) electrons. The van der Waals surface area contributed by atoms with Gasteiger partial charge in [-0.3, -0.25) is 9.59 Å². The monoisotopic (exact) mass is 245 g/mol. The van der Waals surface area contributed by atoms with Crippen molar-refractivity contribution in [2.75, 3.05) is 11.9 Å². The van der Waals surface area contributed by atoms with E-state index in [0.29, 0.717) is 17.8 Å². The lowest BCUT2D eigenvalue weighted by Crippen LogP contribution is -2.23. The van der Waals surface area contributed by atoms with Crippen LogP contribution in [-0.4, -0.2) is 18.4 Å². The van der Waals surface area contributed by atoms with E-state index in [1.54, 1.807) is 24.3 Å². The van der Waals surface area contributed by atoms with Gasteiger partial charge in [0.2, 0.25) is 5.91 Å². The molecule has 0 aliphatic carbocycles. The fourth-order valence-corrected chi connectivity index (χ4v) is 1.43. The van der Waals surface area contributed by atoms with Gasteiger partial charge in [0.1, 0.15) is 6.42 Å². The Kier molecular flexibility index (Phi) is 4.88. The Bertz CT molecular complexity index is 503. The molecule has 1 aromatic carbocycles. The summed E-state index contributed by atoms with van der Waals surface area (Å²) in [4.78, 5) is 23.0. The molecule has 0 aliphatic rings. The minimum atomic E-state index is -0.381. The van der Waals surface area contributed by atoms with E-state index < -0.39 is 0 Å². The lowest BCUT2D eigenvalue weighted by Gasteiger charge is -2.09. The van der Waals surface area contributed by atoms with Crippen LogP contribution in [0.1, 0.15) is 29.3 Å². The molecule has 0 bridgehead atoms. The number of amides is 2. The summed E-state index contributed by atoms with van der Waals surface area (Å²) < 4.78 is 0. The molecule has 0 spiro atoms. The van der Waals surface area contributed by atoms with Crippen molar-refractivity contribution in [1.82, 2.24) is 5.32 Å². The van der Waals surface area contributed by atoms with E-state index >= 15 is 0 Å². The average Bonchev–Trinajstić information content (AvgIpc) is 2.32. The van der Waals surface area contributed by atoms with Crippen LogP contribution in [0.15, 0.2) is 18.2 Å². The highest BCUT2D eigenvalue weighted by Gasteiger charge is 2.09. The lowest BCUT2D eigenvalue weighted by atomic mass is 10.1. The molecule has 0 aromatic heterocycles. The Balaban J connectivity index is 2.91. The van der Waals surface area contributed by atoms with Crippen molar-refractivity contribution < 1.29 is 9.59 Å². The molecule has 0 saturated carbocycles. The second-order valence-electron chi connectivity index (χ2n) is 3.77. The molecule has 0 atom stereocenters. The van der Waals surface area contributed by atoms with E-state index in [1.165, 1.54) is 0 Å². The first-order valence-electron chi connectivity index (χ1n) is 5.64. The molecular weight excluding hydrogens is 230 g/mol. The summed E-state index contributed by atoms with van der Waals surface area (Å²) in [6.45, 7) is 4.20. The Hall–Kier alpha value is -2.35. The number of nitrogens with zero attached hydrogens (tertiary/aromatic N) is 1. The highest BCUT2D eigenvalue weighted by Crippen LogP contribution is 2.17. The predicted octanol–water partition coefficient (Wildman–Crippen LogP) is 1.60. The topological polar surface area (TPSA) is 82.0 Å². The second kappa shape index (κ2) is 6.40. The molecule has 5 nitrogen and oxygen atoms in total. The maximum absolute atomic E-state index is 11.6. The summed E-state index contributed by atoms with van der Waals surface area (Å²) in [7, 11) is 0. The summed E-state index contributed by atoms with van der Waals surface area (Å²) >= 11 is 0. The highest BCUT2D eigenvalue weighted by atomic mass is 16.2. The summed E-state index contributed by atoms with van der Waals surface area (Å²) in [5.74, 6) is -0.568. The molecule has 0 saturated heterocycles. The zero-order chi connectivity index (χ0) is 13.5. The van der Waals surface area contributed by atoms with Gasteiger partial charge in [-0.05, 0) is 31.5 Å². The molecule has 0 aliphatic heterocycles. The number of nitrogens with one attached hydrogen (secondary N) is 2. The van der Waals surface area contributed by atoms with Crippen LogP contribution in [0.25, 0.3) is 0 Å². The third-order valence-corrected chi connectivity index (χ3v) is 2.35. The van der Waals surface area contributed by atoms with Crippen molar-refractivity contribution in [3.8, 4) is 6.07 Å². The first-order chi connectivity index (χ1) is 8.58. The summed E-state index contributed by atoms with van der Waals surface area (Å²) in [5, 5.41) is 13.7. The molecular formula is C13H15N3O2. The van der Waals surface area contributed by atoms with E-state index in [2.05, 4.69) is 10.6 Å². The van der Waals surface area contributed by atoms with Gasteiger partial charge in [-0.1, -0.05) is 6.07 Å². The molecule has 2 amide bonds. The number of hydrogen-bond acceptors (Lipinski definition) is 3. The molecule has 0 unspecified atom stereocenters. The van der Waals surface area contributed by atoms with Gasteiger partial charge in [0.05, 0.1) is 6.07 Å². The van der Waals surface area contributed by atoms with Crippen molar-refractivity contribution in [2.24, 2.45) is 0 Å². The van der Waals surface area contributed by atoms with Crippen LogP contribution < -0.4 is 10.6 Å². The Morgan fingerprint density at radius 3 is 2.72 bits per heavy atom. The molecule has 1 rings (SSSR count). The van der Waals surface area contributed by atoms with Gasteiger partial charge >= 0.3 is 0 Å². The van der Waals surface area contributed by atoms with Crippen LogP contribution in [0.5, 0.6) is 0 Å². The van der Waals surface area contributed by atoms with Crippen molar-refractivity contribution >= 4 is 17.5 Å². The Morgan fingerprint density at radius 1 is 1.39 bits per heavy atom. The quantitative estimate of drug-likeness (QED) is 0.845. The largest absolute Gasteiger partial charge is 0.352 e. The minimum absolute atomic E-state index is 0.187. The van der Waals surface area contributed by atoms with Gasteiger partial charge in [0.15, 0.2) is 0 Å². The summed E-state index contributed by atoms with van der Waals surface area (Å²) in [6, 6.07) is 6.83.